The van der Waals surface area contributed by atoms with Gasteiger partial charge in [0.25, 0.3) is 0 Å². The Bertz CT molecular complexity index is 2370. The van der Waals surface area contributed by atoms with Crippen LogP contribution < -0.4 is 9.80 Å². The lowest BCUT2D eigenvalue weighted by atomic mass is 9.75. The van der Waals surface area contributed by atoms with E-state index in [0.29, 0.717) is 41.8 Å². The second kappa shape index (κ2) is 13.8. The van der Waals surface area contributed by atoms with Crippen molar-refractivity contribution in [3.05, 3.63) is 173 Å². The molecule has 2 aromatic rings. The van der Waals surface area contributed by atoms with Gasteiger partial charge in [-0.3, -0.25) is 0 Å². The lowest BCUT2D eigenvalue weighted by Gasteiger charge is -2.37. The summed E-state index contributed by atoms with van der Waals surface area (Å²) in [6.45, 7) is 0. The van der Waals surface area contributed by atoms with Crippen LogP contribution in [0, 0.1) is 17.8 Å². The van der Waals surface area contributed by atoms with Gasteiger partial charge in [-0.25, -0.2) is 4.98 Å². The highest BCUT2D eigenvalue weighted by molar-refractivity contribution is 5.79. The van der Waals surface area contributed by atoms with Gasteiger partial charge < -0.3 is 14.5 Å². The van der Waals surface area contributed by atoms with E-state index < -0.39 is 0 Å². The molecular formula is C53H53N3O. The second-order valence-corrected chi connectivity index (χ2v) is 18.0. The third-order valence-electron chi connectivity index (χ3n) is 14.9. The molecule has 12 rings (SSSR count). The van der Waals surface area contributed by atoms with Gasteiger partial charge in [0.1, 0.15) is 17.7 Å². The number of para-hydroxylation sites is 1. The van der Waals surface area contributed by atoms with Crippen molar-refractivity contribution < 1.29 is 4.74 Å². The molecule has 2 fully saturated rings. The molecule has 0 bridgehead atoms. The SMILES string of the molecule is C1=CC(c2cc(C3=CCCCC3)cc(N3C4=CC=C(C5=CC6c7ccccc7N(C7C=C8C(=CC7)OC7C=CCCC87)C6C=C5)CC4C4CCC=CC43)n2)=CCC1. The van der Waals surface area contributed by atoms with Gasteiger partial charge in [-0.15, -0.1) is 0 Å². The number of benzene rings is 1. The number of aromatic nitrogens is 1. The highest BCUT2D eigenvalue weighted by Crippen LogP contribution is 2.53. The molecule has 8 unspecified atom stereocenters. The summed E-state index contributed by atoms with van der Waals surface area (Å²) in [6, 6.07) is 15.0. The first-order valence-corrected chi connectivity index (χ1v) is 22.2. The number of hydrogen-bond acceptors (Lipinski definition) is 4. The Balaban J connectivity index is 0.880. The third kappa shape index (κ3) is 5.64. The molecule has 0 saturated carbocycles. The summed E-state index contributed by atoms with van der Waals surface area (Å²) >= 11 is 0. The Morgan fingerprint density at radius 1 is 0.737 bits per heavy atom. The van der Waals surface area contributed by atoms with Gasteiger partial charge in [-0.2, -0.15) is 0 Å². The topological polar surface area (TPSA) is 28.6 Å². The largest absolute Gasteiger partial charge is 0.486 e. The Labute approximate surface area is 338 Å². The number of fused-ring (bicyclic) bond motifs is 9. The van der Waals surface area contributed by atoms with Crippen LogP contribution in [-0.4, -0.2) is 29.2 Å². The van der Waals surface area contributed by atoms with Crippen molar-refractivity contribution in [3.8, 4) is 0 Å². The van der Waals surface area contributed by atoms with E-state index in [2.05, 4.69) is 137 Å². The van der Waals surface area contributed by atoms with Crippen LogP contribution in [-0.2, 0) is 4.74 Å². The number of nitrogens with zero attached hydrogens (tertiary/aromatic N) is 3. The van der Waals surface area contributed by atoms with E-state index in [1.165, 1.54) is 88.9 Å². The van der Waals surface area contributed by atoms with Gasteiger partial charge in [0.05, 0.1) is 23.8 Å². The summed E-state index contributed by atoms with van der Waals surface area (Å²) < 4.78 is 6.43. The van der Waals surface area contributed by atoms with Crippen molar-refractivity contribution in [1.82, 2.24) is 4.98 Å². The quantitative estimate of drug-likeness (QED) is 0.285. The molecule has 4 nitrogen and oxygen atoms in total. The summed E-state index contributed by atoms with van der Waals surface area (Å²) in [5, 5.41) is 0. The Hall–Kier alpha value is -5.09. The monoisotopic (exact) mass is 747 g/mol. The number of allylic oxidation sites excluding steroid dienone is 15. The number of pyridine rings is 1. The number of hydrogen-bond donors (Lipinski definition) is 0. The van der Waals surface area contributed by atoms with Crippen LogP contribution in [0.4, 0.5) is 11.5 Å². The van der Waals surface area contributed by atoms with Gasteiger partial charge in [-0.05, 0) is 158 Å². The van der Waals surface area contributed by atoms with Crippen molar-refractivity contribution in [2.45, 2.75) is 107 Å². The molecule has 0 spiro atoms. The van der Waals surface area contributed by atoms with Crippen LogP contribution in [0.5, 0.6) is 0 Å². The zero-order valence-corrected chi connectivity index (χ0v) is 33.0. The van der Waals surface area contributed by atoms with Crippen molar-refractivity contribution in [2.24, 2.45) is 17.8 Å². The molecule has 4 heterocycles. The highest BCUT2D eigenvalue weighted by atomic mass is 16.5. The lowest BCUT2D eigenvalue weighted by Crippen LogP contribution is -2.41. The molecule has 10 aliphatic rings. The van der Waals surface area contributed by atoms with E-state index in [1.54, 1.807) is 0 Å². The molecule has 286 valence electrons. The van der Waals surface area contributed by atoms with Gasteiger partial charge >= 0.3 is 0 Å². The minimum atomic E-state index is 0.216. The molecule has 3 aliphatic heterocycles. The predicted octanol–water partition coefficient (Wildman–Crippen LogP) is 12.2. The third-order valence-corrected chi connectivity index (χ3v) is 14.9. The Morgan fingerprint density at radius 3 is 2.61 bits per heavy atom. The first-order valence-electron chi connectivity index (χ1n) is 22.2. The predicted molar refractivity (Wildman–Crippen MR) is 233 cm³/mol. The molecule has 1 aromatic heterocycles. The second-order valence-electron chi connectivity index (χ2n) is 18.0. The normalized spacial score (nSPS) is 32.9. The van der Waals surface area contributed by atoms with Crippen molar-refractivity contribution in [1.29, 1.82) is 0 Å². The van der Waals surface area contributed by atoms with Gasteiger partial charge in [0.2, 0.25) is 0 Å². The molecule has 1 aromatic carbocycles. The van der Waals surface area contributed by atoms with E-state index in [0.717, 1.165) is 55.8 Å². The molecular weight excluding hydrogens is 695 g/mol. The minimum Gasteiger partial charge on any atom is -0.486 e. The smallest absolute Gasteiger partial charge is 0.134 e. The highest BCUT2D eigenvalue weighted by Gasteiger charge is 2.48. The molecule has 2 saturated heterocycles. The van der Waals surface area contributed by atoms with Crippen LogP contribution in [0.1, 0.15) is 99.8 Å². The molecule has 0 radical (unpaired) electrons. The Kier molecular flexibility index (Phi) is 8.22. The molecule has 8 atom stereocenters. The molecule has 57 heavy (non-hydrogen) atoms. The lowest BCUT2D eigenvalue weighted by molar-refractivity contribution is 0.165. The number of ether oxygens (including phenoxy) is 1. The summed E-state index contributed by atoms with van der Waals surface area (Å²) in [6.07, 6.45) is 50.7. The van der Waals surface area contributed by atoms with E-state index in [4.69, 9.17) is 9.72 Å². The van der Waals surface area contributed by atoms with Crippen LogP contribution in [0.3, 0.4) is 0 Å². The van der Waals surface area contributed by atoms with Crippen molar-refractivity contribution in [2.75, 3.05) is 9.80 Å². The maximum atomic E-state index is 6.43. The van der Waals surface area contributed by atoms with E-state index >= 15 is 0 Å². The zero-order valence-electron chi connectivity index (χ0n) is 33.0. The fourth-order valence-corrected chi connectivity index (χ4v) is 12.2. The first kappa shape index (κ1) is 34.0. The van der Waals surface area contributed by atoms with E-state index in [1.807, 2.05) is 0 Å². The first-order chi connectivity index (χ1) is 28.2. The molecule has 4 heteroatoms. The van der Waals surface area contributed by atoms with Crippen molar-refractivity contribution >= 4 is 22.7 Å². The summed E-state index contributed by atoms with van der Waals surface area (Å²) in [5.41, 5.74) is 13.9. The fourth-order valence-electron chi connectivity index (χ4n) is 12.2. The van der Waals surface area contributed by atoms with Crippen LogP contribution in [0.15, 0.2) is 156 Å². The fraction of sp³-hybridized carbons (Fsp3) is 0.377. The molecule has 7 aliphatic carbocycles. The average Bonchev–Trinajstić information content (AvgIpc) is 3.94. The number of anilines is 2. The molecule has 0 N–H and O–H groups in total. The van der Waals surface area contributed by atoms with Crippen LogP contribution in [0.25, 0.3) is 11.1 Å². The minimum absolute atomic E-state index is 0.216. The van der Waals surface area contributed by atoms with Crippen LogP contribution >= 0.6 is 0 Å². The molecule has 0 amide bonds. The van der Waals surface area contributed by atoms with Gasteiger partial charge in [-0.1, -0.05) is 91.1 Å². The summed E-state index contributed by atoms with van der Waals surface area (Å²) in [7, 11) is 0. The van der Waals surface area contributed by atoms with E-state index in [-0.39, 0.29) is 6.10 Å². The van der Waals surface area contributed by atoms with E-state index in [9.17, 15) is 0 Å². The zero-order chi connectivity index (χ0) is 37.5. The van der Waals surface area contributed by atoms with Crippen LogP contribution in [0.2, 0.25) is 0 Å². The van der Waals surface area contributed by atoms with Gasteiger partial charge in [0.15, 0.2) is 0 Å². The maximum Gasteiger partial charge on any atom is 0.134 e. The summed E-state index contributed by atoms with van der Waals surface area (Å²) in [5.74, 6) is 4.17. The average molecular weight is 748 g/mol. The van der Waals surface area contributed by atoms with Gasteiger partial charge in [0, 0.05) is 29.1 Å². The van der Waals surface area contributed by atoms with Crippen molar-refractivity contribution in [3.63, 3.8) is 0 Å². The standard InChI is InChI=1S/C53H53N3O/c1-3-13-34(14-4-1)38-31-46(35-15-5-2-6-16-35)54-53(32-38)56-48-21-11-8-18-41(48)44-30-37(24-27-50(44)56)36-23-26-49-43(29-36)40-17-7-10-20-47(40)55(49)39-25-28-52-45(33-39)42-19-9-12-22-51(42)57-52/h5,7,10-13,15-17,20-24,26-29,31-33,39,41-44,48-49,51H,1-4,6,8-9,14,18-19,25,30H2. The summed E-state index contributed by atoms with van der Waals surface area (Å²) in [4.78, 5) is 10.9. The maximum absolute atomic E-state index is 6.43. The number of rotatable bonds is 5. The Morgan fingerprint density at radius 2 is 1.68 bits per heavy atom.